The lowest BCUT2D eigenvalue weighted by atomic mass is 9.95. The maximum absolute atomic E-state index is 13.4. The summed E-state index contributed by atoms with van der Waals surface area (Å²) in [6.45, 7) is 0.240. The molecular weight excluding hydrogens is 404 g/mol. The zero-order valence-electron chi connectivity index (χ0n) is 16.1. The first kappa shape index (κ1) is 19.9. The molecule has 0 unspecified atom stereocenters. The number of nitrogens with zero attached hydrogens (tertiary/aromatic N) is 1. The van der Waals surface area contributed by atoms with Crippen LogP contribution in [0.1, 0.15) is 58.5 Å². The maximum atomic E-state index is 13.4. The molecule has 1 atom stereocenters. The third-order valence-electron chi connectivity index (χ3n) is 5.22. The van der Waals surface area contributed by atoms with Gasteiger partial charge in [0.25, 0.3) is 5.91 Å². The van der Waals surface area contributed by atoms with Crippen LogP contribution in [0, 0.1) is 0 Å². The van der Waals surface area contributed by atoms with E-state index < -0.39 is 6.04 Å². The lowest BCUT2D eigenvalue weighted by molar-refractivity contribution is -0.127. The smallest absolute Gasteiger partial charge is 0.265 e. The number of hydrogen-bond acceptors (Lipinski definition) is 5. The summed E-state index contributed by atoms with van der Waals surface area (Å²) in [6, 6.07) is 10.6. The van der Waals surface area contributed by atoms with E-state index in [0.29, 0.717) is 10.6 Å². The summed E-state index contributed by atoms with van der Waals surface area (Å²) < 4.78 is 5.51. The summed E-state index contributed by atoms with van der Waals surface area (Å²) in [5, 5.41) is 7.03. The van der Waals surface area contributed by atoms with E-state index in [9.17, 15) is 9.59 Å². The van der Waals surface area contributed by atoms with E-state index in [1.165, 1.54) is 29.1 Å². The van der Waals surface area contributed by atoms with Gasteiger partial charge >= 0.3 is 0 Å². The Labute approximate surface area is 178 Å². The fourth-order valence-corrected chi connectivity index (χ4v) is 5.30. The second kappa shape index (κ2) is 9.41. The van der Waals surface area contributed by atoms with Gasteiger partial charge in [-0.15, -0.1) is 22.7 Å². The van der Waals surface area contributed by atoms with Crippen LogP contribution in [0.2, 0.25) is 0 Å². The summed E-state index contributed by atoms with van der Waals surface area (Å²) in [5.41, 5.74) is 0. The van der Waals surface area contributed by atoms with E-state index in [1.54, 1.807) is 23.3 Å². The van der Waals surface area contributed by atoms with Gasteiger partial charge in [-0.3, -0.25) is 9.59 Å². The molecule has 3 aromatic heterocycles. The monoisotopic (exact) mass is 428 g/mol. The van der Waals surface area contributed by atoms with Crippen LogP contribution in [0.25, 0.3) is 0 Å². The Bertz CT molecular complexity index is 898. The Balaban J connectivity index is 1.65. The van der Waals surface area contributed by atoms with E-state index >= 15 is 0 Å². The third kappa shape index (κ3) is 4.79. The van der Waals surface area contributed by atoms with E-state index in [2.05, 4.69) is 5.32 Å². The molecule has 1 aliphatic rings. The van der Waals surface area contributed by atoms with Crippen LogP contribution >= 0.6 is 22.7 Å². The summed E-state index contributed by atoms with van der Waals surface area (Å²) in [4.78, 5) is 29.9. The Morgan fingerprint density at radius 3 is 2.52 bits per heavy atom. The fourth-order valence-electron chi connectivity index (χ4n) is 3.79. The number of carbonyl (C=O) groups excluding carboxylic acids is 2. The molecule has 1 fully saturated rings. The Morgan fingerprint density at radius 2 is 1.86 bits per heavy atom. The topological polar surface area (TPSA) is 62.6 Å². The minimum absolute atomic E-state index is 0.115. The molecule has 3 aromatic rings. The Morgan fingerprint density at radius 1 is 1.07 bits per heavy atom. The second-order valence-electron chi connectivity index (χ2n) is 7.25. The Kier molecular flexibility index (Phi) is 6.46. The summed E-state index contributed by atoms with van der Waals surface area (Å²) in [5.74, 6) is 0.381. The van der Waals surface area contributed by atoms with Crippen LogP contribution < -0.4 is 5.32 Å². The van der Waals surface area contributed by atoms with E-state index in [0.717, 1.165) is 30.6 Å². The standard InChI is InChI=1S/C22H24N2O3S2/c25-21(23-16-7-2-1-3-8-16)20(18-10-5-13-28-18)24(15-17-9-4-12-27-17)22(26)19-11-6-14-29-19/h4-6,9-14,16,20H,1-3,7-8,15H2,(H,23,25)/t20-/m1/s1. The minimum Gasteiger partial charge on any atom is -0.467 e. The van der Waals surface area contributed by atoms with Crippen molar-refractivity contribution in [3.05, 3.63) is 68.9 Å². The minimum atomic E-state index is -0.684. The van der Waals surface area contributed by atoms with Gasteiger partial charge < -0.3 is 14.6 Å². The molecule has 1 aliphatic carbocycles. The summed E-state index contributed by atoms with van der Waals surface area (Å²) in [6.07, 6.45) is 7.09. The molecule has 3 heterocycles. The van der Waals surface area contributed by atoms with Gasteiger partial charge in [-0.2, -0.15) is 0 Å². The highest BCUT2D eigenvalue weighted by atomic mass is 32.1. The number of furan rings is 1. The molecule has 7 heteroatoms. The van der Waals surface area contributed by atoms with Crippen LogP contribution in [0.5, 0.6) is 0 Å². The highest BCUT2D eigenvalue weighted by Gasteiger charge is 2.35. The van der Waals surface area contributed by atoms with Crippen LogP contribution in [0.15, 0.2) is 57.8 Å². The van der Waals surface area contributed by atoms with Crippen molar-refractivity contribution < 1.29 is 14.0 Å². The maximum Gasteiger partial charge on any atom is 0.265 e. The molecular formula is C22H24N2O3S2. The molecule has 0 spiro atoms. The van der Waals surface area contributed by atoms with E-state index in [1.807, 2.05) is 35.0 Å². The second-order valence-corrected chi connectivity index (χ2v) is 9.18. The molecule has 4 rings (SSSR count). The van der Waals surface area contributed by atoms with Gasteiger partial charge in [-0.1, -0.05) is 31.4 Å². The molecule has 0 aliphatic heterocycles. The van der Waals surface area contributed by atoms with Crippen molar-refractivity contribution in [3.8, 4) is 0 Å². The first-order chi connectivity index (χ1) is 14.2. The van der Waals surface area contributed by atoms with Crippen molar-refractivity contribution in [3.63, 3.8) is 0 Å². The third-order valence-corrected chi connectivity index (χ3v) is 7.01. The molecule has 1 saturated carbocycles. The van der Waals surface area contributed by atoms with Crippen molar-refractivity contribution in [1.29, 1.82) is 0 Å². The van der Waals surface area contributed by atoms with Gasteiger partial charge in [-0.25, -0.2) is 0 Å². The van der Waals surface area contributed by atoms with Crippen molar-refractivity contribution in [2.24, 2.45) is 0 Å². The highest BCUT2D eigenvalue weighted by molar-refractivity contribution is 7.12. The molecule has 0 bridgehead atoms. The number of carbonyl (C=O) groups is 2. The largest absolute Gasteiger partial charge is 0.467 e. The van der Waals surface area contributed by atoms with Gasteiger partial charge in [0.1, 0.15) is 11.8 Å². The summed E-state index contributed by atoms with van der Waals surface area (Å²) >= 11 is 2.88. The fraction of sp³-hybridized carbons (Fsp3) is 0.364. The molecule has 5 nitrogen and oxygen atoms in total. The summed E-state index contributed by atoms with van der Waals surface area (Å²) in [7, 11) is 0. The highest BCUT2D eigenvalue weighted by Crippen LogP contribution is 2.30. The normalized spacial score (nSPS) is 15.7. The molecule has 0 radical (unpaired) electrons. The number of amides is 2. The average molecular weight is 429 g/mol. The lowest BCUT2D eigenvalue weighted by Crippen LogP contribution is -2.46. The number of nitrogens with one attached hydrogen (secondary N) is 1. The van der Waals surface area contributed by atoms with Crippen molar-refractivity contribution >= 4 is 34.5 Å². The van der Waals surface area contributed by atoms with Crippen molar-refractivity contribution in [2.45, 2.75) is 50.7 Å². The van der Waals surface area contributed by atoms with Gasteiger partial charge in [0.05, 0.1) is 17.7 Å². The molecule has 1 N–H and O–H groups in total. The number of thiophene rings is 2. The van der Waals surface area contributed by atoms with E-state index in [-0.39, 0.29) is 24.4 Å². The Hall–Kier alpha value is -2.38. The molecule has 0 aromatic carbocycles. The molecule has 152 valence electrons. The number of hydrogen-bond donors (Lipinski definition) is 1. The van der Waals surface area contributed by atoms with Crippen LogP contribution in [0.3, 0.4) is 0 Å². The van der Waals surface area contributed by atoms with Crippen molar-refractivity contribution in [2.75, 3.05) is 0 Å². The van der Waals surface area contributed by atoms with E-state index in [4.69, 9.17) is 4.42 Å². The van der Waals surface area contributed by atoms with Crippen LogP contribution in [-0.2, 0) is 11.3 Å². The van der Waals surface area contributed by atoms with Crippen LogP contribution in [-0.4, -0.2) is 22.8 Å². The predicted molar refractivity (Wildman–Crippen MR) is 115 cm³/mol. The van der Waals surface area contributed by atoms with Gasteiger partial charge in [-0.05, 0) is 47.9 Å². The SMILES string of the molecule is O=C(NC1CCCCC1)[C@@H](c1cccs1)N(Cc1ccco1)C(=O)c1cccs1. The lowest BCUT2D eigenvalue weighted by Gasteiger charge is -2.32. The first-order valence-electron chi connectivity index (χ1n) is 9.93. The number of rotatable bonds is 7. The van der Waals surface area contributed by atoms with Crippen molar-refractivity contribution in [1.82, 2.24) is 10.2 Å². The average Bonchev–Trinajstić information content (AvgIpc) is 3.51. The van der Waals surface area contributed by atoms with Crippen LogP contribution in [0.4, 0.5) is 0 Å². The van der Waals surface area contributed by atoms with Gasteiger partial charge in [0, 0.05) is 10.9 Å². The first-order valence-corrected chi connectivity index (χ1v) is 11.7. The predicted octanol–water partition coefficient (Wildman–Crippen LogP) is 5.24. The zero-order valence-corrected chi connectivity index (χ0v) is 17.7. The van der Waals surface area contributed by atoms with Gasteiger partial charge in [0.2, 0.25) is 5.91 Å². The molecule has 0 saturated heterocycles. The quantitative estimate of drug-likeness (QED) is 0.560. The molecule has 2 amide bonds. The van der Waals surface area contributed by atoms with Gasteiger partial charge in [0.15, 0.2) is 0 Å². The molecule has 29 heavy (non-hydrogen) atoms. The zero-order chi connectivity index (χ0) is 20.1.